The van der Waals surface area contributed by atoms with Gasteiger partial charge in [-0.05, 0) is 41.8 Å². The number of thioether (sulfide) groups is 1. The van der Waals surface area contributed by atoms with Crippen molar-refractivity contribution in [3.8, 4) is 0 Å². The molecule has 0 spiro atoms. The summed E-state index contributed by atoms with van der Waals surface area (Å²) in [6.45, 7) is 13.4. The van der Waals surface area contributed by atoms with Crippen LogP contribution in [-0.2, 0) is 15.8 Å². The maximum Gasteiger partial charge on any atom is 0.186 e. The number of carbonyl (C=O) groups is 1. The molecule has 1 heterocycles. The molecule has 0 amide bonds. The van der Waals surface area contributed by atoms with Crippen LogP contribution in [0.25, 0.3) is 0 Å². The number of nitroso groups, excluding NO2 is 1. The van der Waals surface area contributed by atoms with Gasteiger partial charge in [-0.2, -0.15) is 0 Å². The summed E-state index contributed by atoms with van der Waals surface area (Å²) >= 11 is 1.32. The molecule has 1 aromatic heterocycles. The van der Waals surface area contributed by atoms with Gasteiger partial charge in [0.1, 0.15) is 28.1 Å². The van der Waals surface area contributed by atoms with Gasteiger partial charge < -0.3 is 19.8 Å². The fourth-order valence-corrected chi connectivity index (χ4v) is 4.27. The largest absolute Gasteiger partial charge is 0.467 e. The van der Waals surface area contributed by atoms with E-state index in [4.69, 9.17) is 15.4 Å². The Morgan fingerprint density at radius 1 is 1.30 bits per heavy atom. The van der Waals surface area contributed by atoms with E-state index < -0.39 is 11.0 Å². The third-order valence-electron chi connectivity index (χ3n) is 5.44. The molecule has 210 valence electrons. The Balaban J connectivity index is 0.00000165. The summed E-state index contributed by atoms with van der Waals surface area (Å²) in [6, 6.07) is 3.28. The molecule has 1 aromatic rings. The van der Waals surface area contributed by atoms with Crippen molar-refractivity contribution in [3.63, 3.8) is 0 Å². The van der Waals surface area contributed by atoms with Gasteiger partial charge in [0.05, 0.1) is 30.1 Å². The van der Waals surface area contributed by atoms with Crippen LogP contribution in [0.4, 0.5) is 0 Å². The first-order chi connectivity index (χ1) is 17.6. The molecule has 1 aliphatic rings. The smallest absolute Gasteiger partial charge is 0.186 e. The zero-order valence-corrected chi connectivity index (χ0v) is 24.8. The molecule has 10 nitrogen and oxygen atoms in total. The molecule has 0 saturated heterocycles. The van der Waals surface area contributed by atoms with Crippen molar-refractivity contribution in [3.05, 3.63) is 62.7 Å². The van der Waals surface area contributed by atoms with E-state index in [1.807, 2.05) is 20.8 Å². The molecule has 4 N–H and O–H groups in total. The summed E-state index contributed by atoms with van der Waals surface area (Å²) in [6.07, 6.45) is 4.83. The number of hydrogen-bond donors (Lipinski definition) is 3. The predicted molar refractivity (Wildman–Crippen MR) is 153 cm³/mol. The molecule has 2 atom stereocenters. The minimum absolute atomic E-state index is 0.0382. The SMILES string of the molecule is CCC(C)C.CCN(CC)S(=O)/C=C(N=O)/C(=C\SC)NC1=C(N(N)C(C)c2ccco2)CC1=O.CO. The Kier molecular flexibility index (Phi) is 17.8. The summed E-state index contributed by atoms with van der Waals surface area (Å²) in [5.74, 6) is 7.63. The Morgan fingerprint density at radius 3 is 2.30 bits per heavy atom. The second kappa shape index (κ2) is 18.9. The molecular formula is C25H43N5O5S2. The Bertz CT molecular complexity index is 941. The number of carbonyl (C=O) groups excluding carboxylic acids is 1. The Labute approximate surface area is 227 Å². The molecule has 2 unspecified atom stereocenters. The summed E-state index contributed by atoms with van der Waals surface area (Å²) < 4.78 is 19.6. The lowest BCUT2D eigenvalue weighted by atomic mass is 9.97. The lowest BCUT2D eigenvalue weighted by Gasteiger charge is -2.34. The number of furan rings is 1. The van der Waals surface area contributed by atoms with Crippen LogP contribution >= 0.6 is 11.8 Å². The lowest BCUT2D eigenvalue weighted by molar-refractivity contribution is -0.118. The molecule has 0 saturated carbocycles. The normalized spacial score (nSPS) is 15.3. The molecule has 0 fully saturated rings. The monoisotopic (exact) mass is 557 g/mol. The zero-order chi connectivity index (χ0) is 28.5. The number of aliphatic hydroxyl groups is 1. The van der Waals surface area contributed by atoms with E-state index in [0.29, 0.717) is 24.5 Å². The van der Waals surface area contributed by atoms with Gasteiger partial charge in [-0.3, -0.25) is 4.79 Å². The van der Waals surface area contributed by atoms with Crippen molar-refractivity contribution in [2.24, 2.45) is 16.9 Å². The standard InChI is InChI=1S/C19H27N5O4S2.C5H12.CH4O/c1-5-23(6-2)30(27)12-15(22-26)14(11-29-4)21-19-16(10-17(19)25)24(20)13(3)18-8-7-9-28-18;1-4-5(2)3;1-2/h7-9,11-13,21H,5-6,10,20H2,1-4H3;5H,4H2,1-3H3;2H,1H3/b14-11+,15-12-;;. The molecule has 37 heavy (non-hydrogen) atoms. The van der Waals surface area contributed by atoms with Crippen molar-refractivity contribution >= 4 is 28.5 Å². The molecule has 0 aliphatic heterocycles. The summed E-state index contributed by atoms with van der Waals surface area (Å²) in [7, 11) is -0.526. The number of hydrazine groups is 1. The van der Waals surface area contributed by atoms with Crippen LogP contribution in [0.1, 0.15) is 66.2 Å². The molecule has 2 rings (SSSR count). The van der Waals surface area contributed by atoms with Gasteiger partial charge >= 0.3 is 0 Å². The van der Waals surface area contributed by atoms with Gasteiger partial charge in [0.15, 0.2) is 5.78 Å². The molecule has 0 bridgehead atoms. The van der Waals surface area contributed by atoms with Gasteiger partial charge in [0.25, 0.3) is 0 Å². The van der Waals surface area contributed by atoms with Gasteiger partial charge in [-0.15, -0.1) is 16.7 Å². The van der Waals surface area contributed by atoms with Crippen molar-refractivity contribution in [2.45, 2.75) is 60.4 Å². The highest BCUT2D eigenvalue weighted by Crippen LogP contribution is 2.32. The van der Waals surface area contributed by atoms with Crippen LogP contribution in [-0.4, -0.2) is 50.9 Å². The fraction of sp³-hybridized carbons (Fsp3) is 0.560. The highest BCUT2D eigenvalue weighted by Gasteiger charge is 2.34. The van der Waals surface area contributed by atoms with Crippen LogP contribution < -0.4 is 11.2 Å². The molecule has 0 radical (unpaired) electrons. The van der Waals surface area contributed by atoms with Gasteiger partial charge in [-0.25, -0.2) is 14.4 Å². The van der Waals surface area contributed by atoms with E-state index >= 15 is 0 Å². The summed E-state index contributed by atoms with van der Waals surface area (Å²) in [4.78, 5) is 23.8. The average molecular weight is 558 g/mol. The minimum atomic E-state index is -1.53. The molecular weight excluding hydrogens is 514 g/mol. The Hall–Kier alpha value is -2.25. The molecule has 1 aliphatic carbocycles. The van der Waals surface area contributed by atoms with E-state index in [2.05, 4.69) is 31.3 Å². The number of ketones is 1. The predicted octanol–water partition coefficient (Wildman–Crippen LogP) is 4.77. The zero-order valence-electron chi connectivity index (χ0n) is 23.2. The van der Waals surface area contributed by atoms with E-state index in [-0.39, 0.29) is 35.3 Å². The first-order valence-corrected chi connectivity index (χ1v) is 14.6. The van der Waals surface area contributed by atoms with Crippen LogP contribution in [0.2, 0.25) is 0 Å². The number of hydrogen-bond acceptors (Lipinski definition) is 10. The van der Waals surface area contributed by atoms with Crippen LogP contribution in [0, 0.1) is 10.8 Å². The topological polar surface area (TPSA) is 141 Å². The van der Waals surface area contributed by atoms with E-state index in [0.717, 1.165) is 13.0 Å². The average Bonchev–Trinajstić information content (AvgIpc) is 3.44. The summed E-state index contributed by atoms with van der Waals surface area (Å²) in [5.41, 5.74) is 1.12. The Morgan fingerprint density at radius 2 is 1.89 bits per heavy atom. The molecule has 12 heteroatoms. The first-order valence-electron chi connectivity index (χ1n) is 12.1. The number of nitrogens with two attached hydrogens (primary N) is 1. The number of aliphatic hydroxyl groups excluding tert-OH is 1. The van der Waals surface area contributed by atoms with E-state index in [1.165, 1.54) is 28.6 Å². The maximum atomic E-state index is 12.5. The first kappa shape index (κ1) is 34.8. The number of rotatable bonds is 13. The quantitative estimate of drug-likeness (QED) is 0.135. The van der Waals surface area contributed by atoms with Crippen molar-refractivity contribution < 1.29 is 18.5 Å². The van der Waals surface area contributed by atoms with Crippen molar-refractivity contribution in [2.75, 3.05) is 26.5 Å². The van der Waals surface area contributed by atoms with Gasteiger partial charge in [-0.1, -0.05) is 41.0 Å². The highest BCUT2D eigenvalue weighted by molar-refractivity contribution is 8.01. The minimum Gasteiger partial charge on any atom is -0.467 e. The summed E-state index contributed by atoms with van der Waals surface area (Å²) in [5, 5.41) is 17.4. The second-order valence-electron chi connectivity index (χ2n) is 8.20. The van der Waals surface area contributed by atoms with E-state index in [9.17, 15) is 13.9 Å². The lowest BCUT2D eigenvalue weighted by Crippen LogP contribution is -2.43. The van der Waals surface area contributed by atoms with Crippen LogP contribution in [0.5, 0.6) is 0 Å². The maximum absolute atomic E-state index is 12.5. The number of nitrogens with one attached hydrogen (secondary N) is 1. The number of Topliss-reactive ketones (excluding diaryl/α,β-unsaturated/α-hetero) is 1. The molecule has 0 aromatic carbocycles. The third kappa shape index (κ3) is 10.9. The third-order valence-corrected chi connectivity index (χ3v) is 7.36. The van der Waals surface area contributed by atoms with Gasteiger partial charge in [0, 0.05) is 25.6 Å². The fourth-order valence-electron chi connectivity index (χ4n) is 2.83. The van der Waals surface area contributed by atoms with Crippen molar-refractivity contribution in [1.29, 1.82) is 0 Å². The van der Waals surface area contributed by atoms with E-state index in [1.54, 1.807) is 34.4 Å². The highest BCUT2D eigenvalue weighted by atomic mass is 32.2. The second-order valence-corrected chi connectivity index (χ2v) is 10.2. The number of nitrogens with zero attached hydrogens (tertiary/aromatic N) is 3. The van der Waals surface area contributed by atoms with Gasteiger partial charge in [0.2, 0.25) is 0 Å². The van der Waals surface area contributed by atoms with Crippen LogP contribution in [0.3, 0.4) is 0 Å². The number of allylic oxidation sites excluding steroid dienone is 2. The van der Waals surface area contributed by atoms with Crippen molar-refractivity contribution in [1.82, 2.24) is 14.6 Å². The van der Waals surface area contributed by atoms with Crippen LogP contribution in [0.15, 0.2) is 61.6 Å².